The summed E-state index contributed by atoms with van der Waals surface area (Å²) in [5.41, 5.74) is 2.67. The molecule has 5 nitrogen and oxygen atoms in total. The second-order valence-corrected chi connectivity index (χ2v) is 6.47. The third kappa shape index (κ3) is 3.12. The highest BCUT2D eigenvalue weighted by Crippen LogP contribution is 2.60. The maximum Gasteiger partial charge on any atom is 0.434 e. The van der Waals surface area contributed by atoms with Gasteiger partial charge in [-0.05, 0) is 23.3 Å². The van der Waals surface area contributed by atoms with Gasteiger partial charge in [0.15, 0.2) is 5.69 Å². The topological polar surface area (TPSA) is 75.1 Å². The Kier molecular flexibility index (Phi) is 4.07. The summed E-state index contributed by atoms with van der Waals surface area (Å²) in [6.07, 6.45) is -3.88. The van der Waals surface area contributed by atoms with E-state index in [2.05, 4.69) is 9.97 Å². The molecule has 3 atom stereocenters. The summed E-state index contributed by atoms with van der Waals surface area (Å²) >= 11 is 0. The number of hydrogen-bond acceptors (Lipinski definition) is 4. The molecule has 4 rings (SSSR count). The maximum absolute atomic E-state index is 12.9. The van der Waals surface area contributed by atoms with Crippen molar-refractivity contribution < 1.29 is 23.2 Å². The largest absolute Gasteiger partial charge is 0.434 e. The Bertz CT molecular complexity index is 1010. The van der Waals surface area contributed by atoms with Gasteiger partial charge >= 0.3 is 6.18 Å². The van der Waals surface area contributed by atoms with Crippen LogP contribution in [0, 0.1) is 5.92 Å². The van der Waals surface area contributed by atoms with Crippen LogP contribution in [0.5, 0.6) is 0 Å². The van der Waals surface area contributed by atoms with Crippen LogP contribution in [0.2, 0.25) is 0 Å². The lowest BCUT2D eigenvalue weighted by Gasteiger charge is -2.07. The second-order valence-electron chi connectivity index (χ2n) is 6.47. The first-order valence-electron chi connectivity index (χ1n) is 8.23. The highest BCUT2D eigenvalue weighted by molar-refractivity contribution is 5.85. The lowest BCUT2D eigenvalue weighted by atomic mass is 10.0. The minimum absolute atomic E-state index is 0.115. The number of carbonyl (C=O) groups excluding carboxylic acids is 1. The molecule has 2 N–H and O–H groups in total. The standard InChI is InChI=1S/C19H14F3N3O2/c20-19(21,22)14-9-23-12-7-6-11(8-13(12)24-14)16-15(17(16)18(26)25-27)10-4-2-1-3-5-10/h1-9,15-17,27H,(H,25,26)/t15-,16-,17-/m1/s1. The van der Waals surface area contributed by atoms with Gasteiger partial charge in [-0.25, -0.2) is 10.5 Å². The summed E-state index contributed by atoms with van der Waals surface area (Å²) in [6, 6.07) is 14.2. The number of hydroxylamine groups is 1. The van der Waals surface area contributed by atoms with E-state index in [1.807, 2.05) is 30.3 Å². The molecule has 1 saturated carbocycles. The molecule has 1 aliphatic carbocycles. The number of amides is 1. The van der Waals surface area contributed by atoms with Crippen LogP contribution in [-0.4, -0.2) is 21.1 Å². The Hall–Kier alpha value is -3.00. The van der Waals surface area contributed by atoms with E-state index in [1.54, 1.807) is 17.6 Å². The van der Waals surface area contributed by atoms with Crippen LogP contribution in [0.3, 0.4) is 0 Å². The van der Waals surface area contributed by atoms with Gasteiger partial charge in [0.2, 0.25) is 5.91 Å². The van der Waals surface area contributed by atoms with Crippen molar-refractivity contribution in [2.45, 2.75) is 18.0 Å². The number of carbonyl (C=O) groups is 1. The van der Waals surface area contributed by atoms with E-state index in [0.717, 1.165) is 5.56 Å². The molecule has 0 saturated heterocycles. The van der Waals surface area contributed by atoms with E-state index in [4.69, 9.17) is 5.21 Å². The van der Waals surface area contributed by atoms with E-state index < -0.39 is 23.7 Å². The molecule has 2 aromatic carbocycles. The molecule has 1 fully saturated rings. The van der Waals surface area contributed by atoms with Gasteiger partial charge in [-0.3, -0.25) is 15.0 Å². The lowest BCUT2D eigenvalue weighted by molar-refractivity contribution is -0.141. The van der Waals surface area contributed by atoms with Crippen LogP contribution in [0.4, 0.5) is 13.2 Å². The van der Waals surface area contributed by atoms with Crippen LogP contribution < -0.4 is 5.48 Å². The fraction of sp³-hybridized carbons (Fsp3) is 0.211. The SMILES string of the molecule is O=C(NO)[C@@H]1[C@H](c2ccccc2)[C@H]1c1ccc2ncc(C(F)(F)F)nc2c1. The summed E-state index contributed by atoms with van der Waals surface area (Å²) in [6.45, 7) is 0. The third-order valence-corrected chi connectivity index (χ3v) is 4.86. The van der Waals surface area contributed by atoms with Crippen LogP contribution in [-0.2, 0) is 11.0 Å². The second kappa shape index (κ2) is 6.31. The number of rotatable bonds is 3. The van der Waals surface area contributed by atoms with Crippen molar-refractivity contribution >= 4 is 16.9 Å². The van der Waals surface area contributed by atoms with E-state index >= 15 is 0 Å². The smallest absolute Gasteiger partial charge is 0.289 e. The number of nitrogens with zero attached hydrogens (tertiary/aromatic N) is 2. The third-order valence-electron chi connectivity index (χ3n) is 4.86. The Morgan fingerprint density at radius 3 is 2.37 bits per heavy atom. The molecule has 0 radical (unpaired) electrons. The van der Waals surface area contributed by atoms with Crippen molar-refractivity contribution in [1.82, 2.24) is 15.4 Å². The predicted molar refractivity (Wildman–Crippen MR) is 89.9 cm³/mol. The molecule has 8 heteroatoms. The van der Waals surface area contributed by atoms with E-state index in [1.165, 1.54) is 6.07 Å². The summed E-state index contributed by atoms with van der Waals surface area (Å²) < 4.78 is 38.7. The molecule has 0 unspecified atom stereocenters. The molecule has 1 amide bonds. The van der Waals surface area contributed by atoms with Gasteiger partial charge in [-0.15, -0.1) is 0 Å². The highest BCUT2D eigenvalue weighted by Gasteiger charge is 2.56. The van der Waals surface area contributed by atoms with Gasteiger partial charge < -0.3 is 0 Å². The van der Waals surface area contributed by atoms with Crippen molar-refractivity contribution in [2.24, 2.45) is 5.92 Å². The summed E-state index contributed by atoms with van der Waals surface area (Å²) in [7, 11) is 0. The number of hydrogen-bond donors (Lipinski definition) is 2. The Labute approximate surface area is 151 Å². The van der Waals surface area contributed by atoms with Gasteiger partial charge in [0, 0.05) is 11.8 Å². The maximum atomic E-state index is 12.9. The number of benzene rings is 2. The normalized spacial score (nSPS) is 21.9. The van der Waals surface area contributed by atoms with Gasteiger partial charge in [0.25, 0.3) is 0 Å². The van der Waals surface area contributed by atoms with Gasteiger partial charge in [-0.1, -0.05) is 36.4 Å². The number of aromatic nitrogens is 2. The first-order valence-corrected chi connectivity index (χ1v) is 8.23. The van der Waals surface area contributed by atoms with E-state index in [-0.39, 0.29) is 17.4 Å². The van der Waals surface area contributed by atoms with E-state index in [0.29, 0.717) is 17.3 Å². The minimum Gasteiger partial charge on any atom is -0.289 e. The number of halogens is 3. The molecule has 0 spiro atoms. The summed E-state index contributed by atoms with van der Waals surface area (Å²) in [5, 5.41) is 9.03. The molecule has 3 aromatic rings. The fourth-order valence-corrected chi connectivity index (χ4v) is 3.59. The molecule has 138 valence electrons. The quantitative estimate of drug-likeness (QED) is 0.543. The molecule has 1 heterocycles. The molecule has 1 aliphatic rings. The Balaban J connectivity index is 1.74. The molecule has 1 aromatic heterocycles. The highest BCUT2D eigenvalue weighted by atomic mass is 19.4. The monoisotopic (exact) mass is 373 g/mol. The number of alkyl halides is 3. The van der Waals surface area contributed by atoms with Crippen molar-refractivity contribution in [2.75, 3.05) is 0 Å². The zero-order valence-corrected chi connectivity index (χ0v) is 13.8. The molecular formula is C19H14F3N3O2. The van der Waals surface area contributed by atoms with Crippen molar-refractivity contribution in [3.63, 3.8) is 0 Å². The van der Waals surface area contributed by atoms with Gasteiger partial charge in [0.05, 0.1) is 23.1 Å². The zero-order chi connectivity index (χ0) is 19.2. The Morgan fingerprint density at radius 2 is 1.70 bits per heavy atom. The Morgan fingerprint density at radius 1 is 1.00 bits per heavy atom. The fourth-order valence-electron chi connectivity index (χ4n) is 3.59. The first kappa shape index (κ1) is 17.4. The summed E-state index contributed by atoms with van der Waals surface area (Å²) in [5.74, 6) is -1.47. The molecular weight excluding hydrogens is 359 g/mol. The van der Waals surface area contributed by atoms with E-state index in [9.17, 15) is 18.0 Å². The van der Waals surface area contributed by atoms with Crippen molar-refractivity contribution in [3.05, 3.63) is 71.5 Å². The average Bonchev–Trinajstić information content (AvgIpc) is 3.42. The minimum atomic E-state index is -4.58. The van der Waals surface area contributed by atoms with Crippen LogP contribution in [0.25, 0.3) is 11.0 Å². The lowest BCUT2D eigenvalue weighted by Crippen LogP contribution is -2.21. The molecule has 0 bridgehead atoms. The van der Waals surface area contributed by atoms with Crippen LogP contribution >= 0.6 is 0 Å². The van der Waals surface area contributed by atoms with Gasteiger partial charge in [0.1, 0.15) is 0 Å². The van der Waals surface area contributed by atoms with Crippen molar-refractivity contribution in [1.29, 1.82) is 0 Å². The molecule has 0 aliphatic heterocycles. The summed E-state index contributed by atoms with van der Waals surface area (Å²) in [4.78, 5) is 19.5. The van der Waals surface area contributed by atoms with Crippen LogP contribution in [0.15, 0.2) is 54.7 Å². The molecule has 27 heavy (non-hydrogen) atoms. The number of fused-ring (bicyclic) bond motifs is 1. The predicted octanol–water partition coefficient (Wildman–Crippen LogP) is 3.65. The zero-order valence-electron chi connectivity index (χ0n) is 13.8. The van der Waals surface area contributed by atoms with Crippen molar-refractivity contribution in [3.8, 4) is 0 Å². The van der Waals surface area contributed by atoms with Crippen LogP contribution in [0.1, 0.15) is 28.7 Å². The van der Waals surface area contributed by atoms with Gasteiger partial charge in [-0.2, -0.15) is 13.2 Å². The number of nitrogens with one attached hydrogen (secondary N) is 1. The average molecular weight is 373 g/mol. The first-order chi connectivity index (χ1) is 12.9.